The highest BCUT2D eigenvalue weighted by Crippen LogP contribution is 2.38. The van der Waals surface area contributed by atoms with Crippen LogP contribution in [0, 0.1) is 0 Å². The maximum atomic E-state index is 13.3. The van der Waals surface area contributed by atoms with Crippen molar-refractivity contribution in [2.45, 2.75) is 31.5 Å². The van der Waals surface area contributed by atoms with Crippen molar-refractivity contribution in [2.24, 2.45) is 0 Å². The van der Waals surface area contributed by atoms with Crippen LogP contribution < -0.4 is 5.32 Å². The van der Waals surface area contributed by atoms with Gasteiger partial charge in [-0.1, -0.05) is 35.9 Å². The van der Waals surface area contributed by atoms with Crippen LogP contribution in [0.5, 0.6) is 0 Å². The monoisotopic (exact) mass is 356 g/mol. The summed E-state index contributed by atoms with van der Waals surface area (Å²) in [5, 5.41) is 4.25. The quantitative estimate of drug-likeness (QED) is 0.893. The lowest BCUT2D eigenvalue weighted by Gasteiger charge is -2.47. The van der Waals surface area contributed by atoms with Crippen molar-refractivity contribution < 1.29 is 9.53 Å². The molecular formula is C20H21ClN2O2. The molecule has 2 atom stereocenters. The van der Waals surface area contributed by atoms with Crippen LogP contribution in [-0.2, 0) is 10.4 Å². The van der Waals surface area contributed by atoms with Crippen LogP contribution in [0.1, 0.15) is 35.7 Å². The maximum absolute atomic E-state index is 13.3. The molecule has 0 spiro atoms. The van der Waals surface area contributed by atoms with Gasteiger partial charge in [0.25, 0.3) is 5.91 Å². The largest absolute Gasteiger partial charge is 0.376 e. The minimum Gasteiger partial charge on any atom is -0.376 e. The molecule has 0 aliphatic carbocycles. The third kappa shape index (κ3) is 2.90. The molecule has 2 heterocycles. The van der Waals surface area contributed by atoms with E-state index in [-0.39, 0.29) is 12.0 Å². The van der Waals surface area contributed by atoms with Gasteiger partial charge in [-0.3, -0.25) is 4.79 Å². The standard InChI is InChI=1S/C20H21ClN2O2/c1-20(14-8-10-15(21)11-9-14)22-18-7-3-2-6-17(18)19(24)23(20)13-16-5-4-12-25-16/h2-3,6-11,16,22H,4-5,12-13H2,1H3. The van der Waals surface area contributed by atoms with E-state index in [1.807, 2.05) is 60.4 Å². The van der Waals surface area contributed by atoms with Crippen LogP contribution in [0.3, 0.4) is 0 Å². The van der Waals surface area contributed by atoms with E-state index in [4.69, 9.17) is 16.3 Å². The highest BCUT2D eigenvalue weighted by atomic mass is 35.5. The number of ether oxygens (including phenoxy) is 1. The van der Waals surface area contributed by atoms with Crippen LogP contribution in [0.4, 0.5) is 5.69 Å². The lowest BCUT2D eigenvalue weighted by Crippen LogP contribution is -2.57. The first-order valence-electron chi connectivity index (χ1n) is 8.65. The van der Waals surface area contributed by atoms with Gasteiger partial charge < -0.3 is 15.0 Å². The average molecular weight is 357 g/mol. The number of anilines is 1. The fourth-order valence-corrected chi connectivity index (χ4v) is 3.84. The minimum absolute atomic E-state index is 0.0299. The summed E-state index contributed by atoms with van der Waals surface area (Å²) in [5.41, 5.74) is 1.90. The van der Waals surface area contributed by atoms with Crippen LogP contribution in [0.25, 0.3) is 0 Å². The zero-order valence-corrected chi connectivity index (χ0v) is 14.9. The molecule has 4 nitrogen and oxygen atoms in total. The molecule has 0 saturated carbocycles. The van der Waals surface area contributed by atoms with E-state index in [9.17, 15) is 4.79 Å². The number of benzene rings is 2. The molecule has 1 saturated heterocycles. The molecule has 5 heteroatoms. The van der Waals surface area contributed by atoms with Gasteiger partial charge in [0.05, 0.1) is 11.7 Å². The molecule has 1 fully saturated rings. The number of carbonyl (C=O) groups is 1. The summed E-state index contributed by atoms with van der Waals surface area (Å²) in [4.78, 5) is 15.2. The lowest BCUT2D eigenvalue weighted by atomic mass is 9.93. The minimum atomic E-state index is -0.651. The molecule has 0 aromatic heterocycles. The van der Waals surface area contributed by atoms with Crippen molar-refractivity contribution in [3.05, 3.63) is 64.7 Å². The zero-order chi connectivity index (χ0) is 17.4. The summed E-state index contributed by atoms with van der Waals surface area (Å²) >= 11 is 6.06. The molecule has 4 rings (SSSR count). The fourth-order valence-electron chi connectivity index (χ4n) is 3.72. The first kappa shape index (κ1) is 16.4. The van der Waals surface area contributed by atoms with E-state index < -0.39 is 5.66 Å². The van der Waals surface area contributed by atoms with E-state index in [1.165, 1.54) is 0 Å². The molecule has 2 aromatic rings. The second-order valence-corrected chi connectivity index (χ2v) is 7.24. The molecule has 1 N–H and O–H groups in total. The van der Waals surface area contributed by atoms with E-state index in [0.717, 1.165) is 30.7 Å². The van der Waals surface area contributed by atoms with Gasteiger partial charge in [0.15, 0.2) is 0 Å². The number of carbonyl (C=O) groups excluding carboxylic acids is 1. The highest BCUT2D eigenvalue weighted by molar-refractivity contribution is 6.30. The van der Waals surface area contributed by atoms with E-state index in [1.54, 1.807) is 0 Å². The summed E-state index contributed by atoms with van der Waals surface area (Å²) in [6, 6.07) is 15.3. The predicted octanol–water partition coefficient (Wildman–Crippen LogP) is 4.26. The Hall–Kier alpha value is -2.04. The predicted molar refractivity (Wildman–Crippen MR) is 98.9 cm³/mol. The first-order valence-corrected chi connectivity index (χ1v) is 9.02. The molecule has 130 valence electrons. The lowest BCUT2D eigenvalue weighted by molar-refractivity contribution is 0.0242. The van der Waals surface area contributed by atoms with Gasteiger partial charge in [-0.15, -0.1) is 0 Å². The normalized spacial score (nSPS) is 25.6. The van der Waals surface area contributed by atoms with Crippen molar-refractivity contribution in [2.75, 3.05) is 18.5 Å². The number of halogens is 1. The molecule has 0 radical (unpaired) electrons. The number of hydrogen-bond acceptors (Lipinski definition) is 3. The number of nitrogens with zero attached hydrogens (tertiary/aromatic N) is 1. The number of hydrogen-bond donors (Lipinski definition) is 1. The van der Waals surface area contributed by atoms with E-state index >= 15 is 0 Å². The van der Waals surface area contributed by atoms with Crippen LogP contribution in [0.2, 0.25) is 5.02 Å². The van der Waals surface area contributed by atoms with Crippen molar-refractivity contribution >= 4 is 23.2 Å². The van der Waals surface area contributed by atoms with Crippen molar-refractivity contribution in [3.63, 3.8) is 0 Å². The van der Waals surface area contributed by atoms with Gasteiger partial charge in [0.1, 0.15) is 5.66 Å². The van der Waals surface area contributed by atoms with Gasteiger partial charge >= 0.3 is 0 Å². The Morgan fingerprint density at radius 1 is 1.24 bits per heavy atom. The Bertz CT molecular complexity index is 787. The van der Waals surface area contributed by atoms with Gasteiger partial charge in [-0.2, -0.15) is 0 Å². The van der Waals surface area contributed by atoms with Gasteiger partial charge in [-0.05, 0) is 49.6 Å². The number of amides is 1. The van der Waals surface area contributed by atoms with Crippen molar-refractivity contribution in [1.82, 2.24) is 4.90 Å². The molecule has 0 bridgehead atoms. The van der Waals surface area contributed by atoms with Crippen molar-refractivity contribution in [3.8, 4) is 0 Å². The smallest absolute Gasteiger partial charge is 0.258 e. The van der Waals surface area contributed by atoms with Crippen LogP contribution in [-0.4, -0.2) is 30.1 Å². The zero-order valence-electron chi connectivity index (χ0n) is 14.2. The Morgan fingerprint density at radius 2 is 2.00 bits per heavy atom. The number of para-hydroxylation sites is 1. The number of nitrogens with one attached hydrogen (secondary N) is 1. The highest BCUT2D eigenvalue weighted by Gasteiger charge is 2.43. The second-order valence-electron chi connectivity index (χ2n) is 6.80. The summed E-state index contributed by atoms with van der Waals surface area (Å²) in [7, 11) is 0. The summed E-state index contributed by atoms with van der Waals surface area (Å²) in [5.74, 6) is 0.0299. The SMILES string of the molecule is CC1(c2ccc(Cl)cc2)Nc2ccccc2C(=O)N1CC1CCCO1. The second kappa shape index (κ2) is 6.36. The molecule has 2 unspecified atom stereocenters. The topological polar surface area (TPSA) is 41.6 Å². The van der Waals surface area contributed by atoms with Gasteiger partial charge in [0, 0.05) is 23.9 Å². The number of fused-ring (bicyclic) bond motifs is 1. The van der Waals surface area contributed by atoms with Crippen molar-refractivity contribution in [1.29, 1.82) is 0 Å². The Labute approximate surface area is 152 Å². The average Bonchev–Trinajstić information content (AvgIpc) is 3.12. The van der Waals surface area contributed by atoms with E-state index in [2.05, 4.69) is 5.32 Å². The summed E-state index contributed by atoms with van der Waals surface area (Å²) in [6.07, 6.45) is 2.12. The molecule has 25 heavy (non-hydrogen) atoms. The third-order valence-corrected chi connectivity index (χ3v) is 5.39. The first-order chi connectivity index (χ1) is 12.1. The number of rotatable bonds is 3. The molecule has 2 aliphatic rings. The van der Waals surface area contributed by atoms with Crippen LogP contribution >= 0.6 is 11.6 Å². The van der Waals surface area contributed by atoms with Gasteiger partial charge in [0.2, 0.25) is 0 Å². The van der Waals surface area contributed by atoms with Crippen LogP contribution in [0.15, 0.2) is 48.5 Å². The molecular weight excluding hydrogens is 336 g/mol. The maximum Gasteiger partial charge on any atom is 0.258 e. The third-order valence-electron chi connectivity index (χ3n) is 5.14. The Morgan fingerprint density at radius 3 is 2.72 bits per heavy atom. The molecule has 2 aromatic carbocycles. The summed E-state index contributed by atoms with van der Waals surface area (Å²) in [6.45, 7) is 3.38. The molecule has 2 aliphatic heterocycles. The summed E-state index contributed by atoms with van der Waals surface area (Å²) < 4.78 is 5.80. The molecule has 1 amide bonds. The Kier molecular flexibility index (Phi) is 4.18. The Balaban J connectivity index is 1.77. The van der Waals surface area contributed by atoms with E-state index in [0.29, 0.717) is 17.1 Å². The fraction of sp³-hybridized carbons (Fsp3) is 0.350. The van der Waals surface area contributed by atoms with Gasteiger partial charge in [-0.25, -0.2) is 0 Å².